The zero-order valence-corrected chi connectivity index (χ0v) is 19.1. The molecule has 5 rings (SSSR count). The average Bonchev–Trinajstić information content (AvgIpc) is 3.34. The Bertz CT molecular complexity index is 1370. The van der Waals surface area contributed by atoms with Gasteiger partial charge in [-0.2, -0.15) is 0 Å². The Hall–Kier alpha value is -2.49. The number of anilines is 1. The predicted molar refractivity (Wildman–Crippen MR) is 125 cm³/mol. The Morgan fingerprint density at radius 2 is 2.10 bits per heavy atom. The summed E-state index contributed by atoms with van der Waals surface area (Å²) >= 11 is 9.14. The summed E-state index contributed by atoms with van der Waals surface area (Å²) < 4.78 is 6.07. The van der Waals surface area contributed by atoms with E-state index in [-0.39, 0.29) is 17.9 Å². The molecule has 1 aromatic carbocycles. The maximum Gasteiger partial charge on any atom is 0.259 e. The van der Waals surface area contributed by atoms with Crippen LogP contribution in [0.3, 0.4) is 0 Å². The molecule has 31 heavy (non-hydrogen) atoms. The third-order valence-electron chi connectivity index (χ3n) is 5.39. The third kappa shape index (κ3) is 3.81. The second-order valence-electron chi connectivity index (χ2n) is 7.40. The van der Waals surface area contributed by atoms with Gasteiger partial charge in [0.2, 0.25) is 5.91 Å². The lowest BCUT2D eigenvalue weighted by Gasteiger charge is -2.09. The normalized spacial score (nSPS) is 13.5. The topological polar surface area (TPSA) is 97.0 Å². The molecule has 0 unspecified atom stereocenters. The summed E-state index contributed by atoms with van der Waals surface area (Å²) in [7, 11) is 1.56. The number of carbonyl (C=O) groups excluding carboxylic acids is 1. The number of fused-ring (bicyclic) bond motifs is 4. The Morgan fingerprint density at radius 1 is 1.26 bits per heavy atom. The summed E-state index contributed by atoms with van der Waals surface area (Å²) in [6.45, 7) is 0. The highest BCUT2D eigenvalue weighted by molar-refractivity contribution is 7.23. The maximum absolute atomic E-state index is 12.6. The number of methoxy groups -OCH3 is 1. The van der Waals surface area contributed by atoms with Crippen molar-refractivity contribution >= 4 is 65.7 Å². The number of aryl methyl sites for hydroxylation is 3. The minimum Gasteiger partial charge on any atom is -0.494 e. The van der Waals surface area contributed by atoms with Crippen molar-refractivity contribution in [3.63, 3.8) is 0 Å². The number of halogens is 1. The van der Waals surface area contributed by atoms with E-state index < -0.39 is 0 Å². The monoisotopic (exact) mass is 474 g/mol. The Morgan fingerprint density at radius 3 is 2.94 bits per heavy atom. The molecule has 0 saturated heterocycles. The van der Waals surface area contributed by atoms with Crippen molar-refractivity contribution in [1.29, 1.82) is 0 Å². The number of nitrogens with zero attached hydrogens (tertiary/aromatic N) is 2. The molecule has 0 aliphatic heterocycles. The van der Waals surface area contributed by atoms with E-state index >= 15 is 0 Å². The molecule has 0 spiro atoms. The summed E-state index contributed by atoms with van der Waals surface area (Å²) in [6.07, 6.45) is 4.76. The number of H-pyrrole nitrogens is 1. The number of nitrogens with one attached hydrogen (secondary N) is 2. The predicted octanol–water partition coefficient (Wildman–Crippen LogP) is 4.71. The largest absolute Gasteiger partial charge is 0.494 e. The van der Waals surface area contributed by atoms with Gasteiger partial charge in [-0.25, -0.2) is 9.97 Å². The molecule has 7 nitrogen and oxygen atoms in total. The molecule has 1 aliphatic carbocycles. The molecule has 3 heterocycles. The summed E-state index contributed by atoms with van der Waals surface area (Å²) in [5.74, 6) is 0.924. The molecule has 0 fully saturated rings. The van der Waals surface area contributed by atoms with E-state index in [0.29, 0.717) is 33.7 Å². The number of rotatable bonds is 5. The highest BCUT2D eigenvalue weighted by Gasteiger charge is 2.20. The summed E-state index contributed by atoms with van der Waals surface area (Å²) in [4.78, 5) is 39.1. The van der Waals surface area contributed by atoms with Gasteiger partial charge in [-0.05, 0) is 43.4 Å². The summed E-state index contributed by atoms with van der Waals surface area (Å²) in [6, 6.07) is 3.49. The fraction of sp³-hybridized carbons (Fsp3) is 0.333. The molecule has 160 valence electrons. The van der Waals surface area contributed by atoms with Gasteiger partial charge in [0.25, 0.3) is 5.56 Å². The third-order valence-corrected chi connectivity index (χ3v) is 8.00. The highest BCUT2D eigenvalue weighted by atomic mass is 35.5. The summed E-state index contributed by atoms with van der Waals surface area (Å²) in [5.41, 5.74) is 1.68. The Labute approximate surface area is 190 Å². The number of amides is 1. The van der Waals surface area contributed by atoms with Crippen LogP contribution in [0.4, 0.5) is 5.13 Å². The van der Waals surface area contributed by atoms with E-state index in [1.54, 1.807) is 30.6 Å². The molecule has 10 heteroatoms. The van der Waals surface area contributed by atoms with Crippen molar-refractivity contribution < 1.29 is 9.53 Å². The van der Waals surface area contributed by atoms with E-state index in [4.69, 9.17) is 16.3 Å². The molecule has 1 amide bonds. The van der Waals surface area contributed by atoms with E-state index in [9.17, 15) is 9.59 Å². The van der Waals surface area contributed by atoms with Crippen LogP contribution >= 0.6 is 34.3 Å². The maximum atomic E-state index is 12.6. The van der Waals surface area contributed by atoms with Crippen LogP contribution in [-0.4, -0.2) is 28.0 Å². The number of hydrogen-bond donors (Lipinski definition) is 2. The number of aromatic nitrogens is 3. The zero-order valence-electron chi connectivity index (χ0n) is 16.7. The van der Waals surface area contributed by atoms with Crippen molar-refractivity contribution in [1.82, 2.24) is 15.0 Å². The first kappa shape index (κ1) is 20.4. The van der Waals surface area contributed by atoms with E-state index in [2.05, 4.69) is 20.3 Å². The SMILES string of the molecule is COc1ccc(Cl)c2sc(NC(=O)CCc3nc4sc5c(c4c(=O)[nH]3)CCCC5)nc12. The molecule has 1 aliphatic rings. The number of ether oxygens (including phenoxy) is 1. The van der Waals surface area contributed by atoms with Gasteiger partial charge < -0.3 is 15.0 Å². The second kappa shape index (κ2) is 8.22. The standard InChI is InChI=1S/C21H19ClN4O3S2/c1-29-12-7-6-11(22)18-17(12)26-21(31-18)25-15(27)9-8-14-23-19(28)16-10-4-2-3-5-13(10)30-20(16)24-14/h6-7H,2-5,8-9H2,1H3,(H,23,24,28)(H,25,26,27). The first-order valence-electron chi connectivity index (χ1n) is 10.00. The fourth-order valence-corrected chi connectivity index (χ4v) is 6.36. The molecule has 0 saturated carbocycles. The van der Waals surface area contributed by atoms with Crippen LogP contribution in [0.5, 0.6) is 5.75 Å². The van der Waals surface area contributed by atoms with Gasteiger partial charge in [-0.1, -0.05) is 22.9 Å². The van der Waals surface area contributed by atoms with Crippen LogP contribution in [0.2, 0.25) is 5.02 Å². The Kier molecular flexibility index (Phi) is 5.41. The van der Waals surface area contributed by atoms with E-state index in [0.717, 1.165) is 46.2 Å². The first-order chi connectivity index (χ1) is 15.0. The first-order valence-corrected chi connectivity index (χ1v) is 12.0. The van der Waals surface area contributed by atoms with Crippen LogP contribution in [0.25, 0.3) is 20.4 Å². The number of carbonyl (C=O) groups is 1. The van der Waals surface area contributed by atoms with Crippen molar-refractivity contribution in [2.45, 2.75) is 38.5 Å². The number of benzene rings is 1. The van der Waals surface area contributed by atoms with E-state index in [1.807, 2.05) is 0 Å². The molecule has 0 atom stereocenters. The number of thiophene rings is 1. The molecular weight excluding hydrogens is 456 g/mol. The number of thiazole rings is 1. The van der Waals surface area contributed by atoms with Gasteiger partial charge in [0.1, 0.15) is 21.9 Å². The van der Waals surface area contributed by atoms with Crippen molar-refractivity contribution in [2.75, 3.05) is 12.4 Å². The molecule has 4 aromatic rings. The molecule has 0 radical (unpaired) electrons. The fourth-order valence-electron chi connectivity index (χ4n) is 3.91. The summed E-state index contributed by atoms with van der Waals surface area (Å²) in [5, 5.41) is 4.55. The van der Waals surface area contributed by atoms with Crippen LogP contribution in [-0.2, 0) is 24.1 Å². The van der Waals surface area contributed by atoms with Gasteiger partial charge in [-0.15, -0.1) is 11.3 Å². The van der Waals surface area contributed by atoms with Crippen molar-refractivity contribution in [2.24, 2.45) is 0 Å². The lowest BCUT2D eigenvalue weighted by atomic mass is 9.97. The highest BCUT2D eigenvalue weighted by Crippen LogP contribution is 2.37. The van der Waals surface area contributed by atoms with Gasteiger partial charge in [-0.3, -0.25) is 9.59 Å². The van der Waals surface area contributed by atoms with Crippen LogP contribution in [0, 0.1) is 0 Å². The minimum atomic E-state index is -0.206. The van der Waals surface area contributed by atoms with Gasteiger partial charge in [0, 0.05) is 17.7 Å². The van der Waals surface area contributed by atoms with E-state index in [1.165, 1.54) is 16.2 Å². The van der Waals surface area contributed by atoms with Gasteiger partial charge in [0.05, 0.1) is 22.2 Å². The van der Waals surface area contributed by atoms with Crippen LogP contribution in [0.1, 0.15) is 35.5 Å². The molecule has 2 N–H and O–H groups in total. The second-order valence-corrected chi connectivity index (χ2v) is 9.89. The van der Waals surface area contributed by atoms with Gasteiger partial charge in [0.15, 0.2) is 5.13 Å². The smallest absolute Gasteiger partial charge is 0.259 e. The lowest BCUT2D eigenvalue weighted by molar-refractivity contribution is -0.116. The average molecular weight is 475 g/mol. The lowest BCUT2D eigenvalue weighted by Crippen LogP contribution is -2.16. The molecule has 0 bridgehead atoms. The number of aromatic amines is 1. The van der Waals surface area contributed by atoms with Gasteiger partial charge >= 0.3 is 0 Å². The minimum absolute atomic E-state index is 0.104. The van der Waals surface area contributed by atoms with Crippen molar-refractivity contribution in [3.05, 3.63) is 43.8 Å². The molecule has 3 aromatic heterocycles. The zero-order chi connectivity index (χ0) is 21.5. The Balaban J connectivity index is 1.32. The van der Waals surface area contributed by atoms with Crippen molar-refractivity contribution in [3.8, 4) is 5.75 Å². The van der Waals surface area contributed by atoms with Crippen LogP contribution in [0.15, 0.2) is 16.9 Å². The number of hydrogen-bond acceptors (Lipinski definition) is 7. The van der Waals surface area contributed by atoms with Crippen LogP contribution < -0.4 is 15.6 Å². The molecular formula is C21H19ClN4O3S2. The quantitative estimate of drug-likeness (QED) is 0.436.